The summed E-state index contributed by atoms with van der Waals surface area (Å²) >= 11 is 0. The van der Waals surface area contributed by atoms with E-state index < -0.39 is 15.6 Å². The Morgan fingerprint density at radius 2 is 2.07 bits per heavy atom. The molecule has 84 valence electrons. The molecule has 0 aromatic heterocycles. The average molecular weight is 231 g/mol. The lowest BCUT2D eigenvalue weighted by molar-refractivity contribution is 0.274. The third-order valence-corrected chi connectivity index (χ3v) is 2.90. The fourth-order valence-electron chi connectivity index (χ4n) is 0.974. The summed E-state index contributed by atoms with van der Waals surface area (Å²) < 4.78 is 35.1. The van der Waals surface area contributed by atoms with Crippen LogP contribution < -0.4 is 10.5 Å². The Morgan fingerprint density at radius 1 is 1.47 bits per heavy atom. The highest BCUT2D eigenvalue weighted by molar-refractivity contribution is 7.86. The van der Waals surface area contributed by atoms with E-state index in [1.165, 1.54) is 6.92 Å². The van der Waals surface area contributed by atoms with Gasteiger partial charge in [0.25, 0.3) is 0 Å². The maximum atomic E-state index is 10.7. The van der Waals surface area contributed by atoms with Gasteiger partial charge in [-0.05, 0) is 37.6 Å². The van der Waals surface area contributed by atoms with Gasteiger partial charge in [-0.25, -0.2) is 0 Å². The summed E-state index contributed by atoms with van der Waals surface area (Å²) in [5.41, 5.74) is 5.68. The lowest BCUT2D eigenvalue weighted by atomic mass is 10.2. The molecule has 0 saturated carbocycles. The predicted octanol–water partition coefficient (Wildman–Crippen LogP) is 1.19. The van der Waals surface area contributed by atoms with Crippen LogP contribution in [-0.2, 0) is 10.1 Å². The number of nitrogens with two attached hydrogens (primary N) is 1. The van der Waals surface area contributed by atoms with Crippen molar-refractivity contribution in [3.05, 3.63) is 23.8 Å². The Balaban J connectivity index is 2.87. The minimum absolute atomic E-state index is 0.354. The zero-order valence-corrected chi connectivity index (χ0v) is 9.28. The molecule has 0 amide bonds. The van der Waals surface area contributed by atoms with Crippen LogP contribution in [0.3, 0.4) is 0 Å². The molecule has 1 aromatic rings. The van der Waals surface area contributed by atoms with Crippen molar-refractivity contribution >= 4 is 15.8 Å². The number of rotatable bonds is 3. The molecule has 15 heavy (non-hydrogen) atoms. The van der Waals surface area contributed by atoms with Gasteiger partial charge in [0, 0.05) is 5.69 Å². The van der Waals surface area contributed by atoms with Crippen molar-refractivity contribution in [1.82, 2.24) is 0 Å². The van der Waals surface area contributed by atoms with Crippen LogP contribution in [0.4, 0.5) is 5.69 Å². The smallest absolute Gasteiger partial charge is 0.303 e. The second-order valence-corrected chi connectivity index (χ2v) is 4.91. The first-order valence-corrected chi connectivity index (χ1v) is 5.80. The molecule has 0 aliphatic rings. The van der Waals surface area contributed by atoms with Crippen molar-refractivity contribution in [3.63, 3.8) is 0 Å². The SMILES string of the molecule is Cc1cc(OC(C)S(=O)(=O)O)ccc1N. The van der Waals surface area contributed by atoms with E-state index in [0.717, 1.165) is 5.56 Å². The summed E-state index contributed by atoms with van der Waals surface area (Å²) in [6.45, 7) is 3.03. The molecular formula is C9H13NO4S. The summed E-state index contributed by atoms with van der Waals surface area (Å²) in [4.78, 5) is 0. The van der Waals surface area contributed by atoms with E-state index in [1.807, 2.05) is 0 Å². The van der Waals surface area contributed by atoms with Gasteiger partial charge in [-0.1, -0.05) is 0 Å². The third kappa shape index (κ3) is 3.10. The Labute approximate surface area is 88.6 Å². The molecular weight excluding hydrogens is 218 g/mol. The van der Waals surface area contributed by atoms with Crippen molar-refractivity contribution in [3.8, 4) is 5.75 Å². The van der Waals surface area contributed by atoms with E-state index in [9.17, 15) is 8.42 Å². The summed E-state index contributed by atoms with van der Waals surface area (Å²) in [5, 5.41) is 0. The summed E-state index contributed by atoms with van der Waals surface area (Å²) in [7, 11) is -4.18. The van der Waals surface area contributed by atoms with Crippen molar-refractivity contribution in [2.24, 2.45) is 0 Å². The molecule has 1 atom stereocenters. The Bertz CT molecular complexity index is 455. The number of ether oxygens (including phenoxy) is 1. The van der Waals surface area contributed by atoms with E-state index >= 15 is 0 Å². The molecule has 1 aromatic carbocycles. The highest BCUT2D eigenvalue weighted by Gasteiger charge is 2.18. The van der Waals surface area contributed by atoms with Crippen molar-refractivity contribution in [2.75, 3.05) is 5.73 Å². The molecule has 0 radical (unpaired) electrons. The van der Waals surface area contributed by atoms with Gasteiger partial charge < -0.3 is 10.5 Å². The number of nitrogen functional groups attached to an aromatic ring is 1. The van der Waals surface area contributed by atoms with Crippen molar-refractivity contribution < 1.29 is 17.7 Å². The number of anilines is 1. The fourth-order valence-corrected chi connectivity index (χ4v) is 1.21. The number of hydrogen-bond acceptors (Lipinski definition) is 4. The standard InChI is InChI=1S/C9H13NO4S/c1-6-5-8(3-4-9(6)10)14-7(2)15(11,12)13/h3-5,7H,10H2,1-2H3,(H,11,12,13). The van der Waals surface area contributed by atoms with E-state index in [1.54, 1.807) is 25.1 Å². The normalized spacial score (nSPS) is 13.5. The van der Waals surface area contributed by atoms with Crippen LogP contribution >= 0.6 is 0 Å². The van der Waals surface area contributed by atoms with Crippen molar-refractivity contribution in [1.29, 1.82) is 0 Å². The van der Waals surface area contributed by atoms with Crippen LogP contribution in [0.2, 0.25) is 0 Å². The molecule has 6 heteroatoms. The van der Waals surface area contributed by atoms with Gasteiger partial charge in [0.1, 0.15) is 5.75 Å². The molecule has 1 rings (SSSR count). The minimum atomic E-state index is -4.18. The monoisotopic (exact) mass is 231 g/mol. The zero-order chi connectivity index (χ0) is 11.6. The second-order valence-electron chi connectivity index (χ2n) is 3.22. The summed E-state index contributed by atoms with van der Waals surface area (Å²) in [5.74, 6) is 0.354. The van der Waals surface area contributed by atoms with E-state index in [0.29, 0.717) is 11.4 Å². The van der Waals surface area contributed by atoms with Crippen LogP contribution in [0.15, 0.2) is 18.2 Å². The van der Waals surface area contributed by atoms with Gasteiger partial charge in [-0.15, -0.1) is 0 Å². The van der Waals surface area contributed by atoms with Crippen LogP contribution in [0.1, 0.15) is 12.5 Å². The summed E-state index contributed by atoms with van der Waals surface area (Å²) in [6.07, 6.45) is 0. The van der Waals surface area contributed by atoms with Crippen LogP contribution in [0, 0.1) is 6.92 Å². The van der Waals surface area contributed by atoms with Gasteiger partial charge in [-0.2, -0.15) is 8.42 Å². The van der Waals surface area contributed by atoms with Gasteiger partial charge in [0.05, 0.1) is 0 Å². The molecule has 5 nitrogen and oxygen atoms in total. The maximum absolute atomic E-state index is 10.7. The van der Waals surface area contributed by atoms with Gasteiger partial charge >= 0.3 is 10.1 Å². The largest absolute Gasteiger partial charge is 0.472 e. The molecule has 3 N–H and O–H groups in total. The Hall–Kier alpha value is -1.27. The fraction of sp³-hybridized carbons (Fsp3) is 0.333. The van der Waals surface area contributed by atoms with Crippen LogP contribution in [-0.4, -0.2) is 18.4 Å². The zero-order valence-electron chi connectivity index (χ0n) is 8.47. The Kier molecular flexibility index (Phi) is 3.21. The van der Waals surface area contributed by atoms with Gasteiger partial charge in [0.2, 0.25) is 5.44 Å². The minimum Gasteiger partial charge on any atom is -0.472 e. The van der Waals surface area contributed by atoms with Crippen molar-refractivity contribution in [2.45, 2.75) is 19.3 Å². The van der Waals surface area contributed by atoms with E-state index in [4.69, 9.17) is 15.0 Å². The number of hydrogen-bond donors (Lipinski definition) is 2. The van der Waals surface area contributed by atoms with E-state index in [-0.39, 0.29) is 0 Å². The molecule has 0 bridgehead atoms. The molecule has 0 heterocycles. The van der Waals surface area contributed by atoms with Crippen LogP contribution in [0.5, 0.6) is 5.75 Å². The maximum Gasteiger partial charge on any atom is 0.303 e. The summed E-state index contributed by atoms with van der Waals surface area (Å²) in [6, 6.07) is 4.77. The van der Waals surface area contributed by atoms with Crippen LogP contribution in [0.25, 0.3) is 0 Å². The molecule has 0 aliphatic heterocycles. The first-order chi connectivity index (χ1) is 6.80. The molecule has 0 saturated heterocycles. The predicted molar refractivity (Wildman–Crippen MR) is 57.2 cm³/mol. The highest BCUT2D eigenvalue weighted by atomic mass is 32.2. The quantitative estimate of drug-likeness (QED) is 0.602. The van der Waals surface area contributed by atoms with Gasteiger partial charge in [-0.3, -0.25) is 4.55 Å². The topological polar surface area (TPSA) is 89.6 Å². The molecule has 1 unspecified atom stereocenters. The first kappa shape index (κ1) is 11.8. The number of benzene rings is 1. The van der Waals surface area contributed by atoms with Gasteiger partial charge in [0.15, 0.2) is 0 Å². The third-order valence-electron chi connectivity index (χ3n) is 1.96. The van der Waals surface area contributed by atoms with E-state index in [2.05, 4.69) is 0 Å². The first-order valence-electron chi connectivity index (χ1n) is 4.30. The second kappa shape index (κ2) is 4.08. The molecule has 0 aliphatic carbocycles. The lowest BCUT2D eigenvalue weighted by Gasteiger charge is -2.12. The highest BCUT2D eigenvalue weighted by Crippen LogP contribution is 2.20. The Morgan fingerprint density at radius 3 is 2.53 bits per heavy atom. The number of aryl methyl sites for hydroxylation is 1. The lowest BCUT2D eigenvalue weighted by Crippen LogP contribution is -2.23. The average Bonchev–Trinajstić information content (AvgIpc) is 2.10. The molecule has 0 spiro atoms. The molecule has 0 fully saturated rings.